The maximum Gasteiger partial charge on any atom is 0.344 e. The summed E-state index contributed by atoms with van der Waals surface area (Å²) in [6.07, 6.45) is 4.21. The first-order valence-corrected chi connectivity index (χ1v) is 10.5. The van der Waals surface area contributed by atoms with Gasteiger partial charge in [0.1, 0.15) is 17.1 Å². The minimum atomic E-state index is -0.643. The lowest BCUT2D eigenvalue weighted by Gasteiger charge is -2.10. The lowest BCUT2D eigenvalue weighted by Crippen LogP contribution is -2.23. The van der Waals surface area contributed by atoms with Crippen LogP contribution in [0.25, 0.3) is 11.0 Å². The Hall–Kier alpha value is -3.81. The zero-order valence-electron chi connectivity index (χ0n) is 17.7. The fraction of sp³-hybridized carbons (Fsp3) is 0.292. The van der Waals surface area contributed by atoms with Gasteiger partial charge in [-0.15, -0.1) is 0 Å². The van der Waals surface area contributed by atoms with Crippen LogP contribution in [0.3, 0.4) is 0 Å². The van der Waals surface area contributed by atoms with Crippen LogP contribution in [-0.2, 0) is 32.0 Å². The van der Waals surface area contributed by atoms with Gasteiger partial charge in [0.15, 0.2) is 13.2 Å². The molecule has 0 bridgehead atoms. The quantitative estimate of drug-likeness (QED) is 0.545. The van der Waals surface area contributed by atoms with Gasteiger partial charge in [0.2, 0.25) is 5.91 Å². The SMILES string of the molecule is CC(=O)Nc1ccc(NC(=O)COC(=O)COc2ccc3oc4c(c3c2)CCCC4)cc1. The van der Waals surface area contributed by atoms with Gasteiger partial charge in [-0.1, -0.05) is 0 Å². The second-order valence-electron chi connectivity index (χ2n) is 7.62. The largest absolute Gasteiger partial charge is 0.482 e. The molecule has 1 heterocycles. The van der Waals surface area contributed by atoms with Crippen molar-refractivity contribution >= 4 is 40.1 Å². The van der Waals surface area contributed by atoms with Crippen molar-refractivity contribution in [2.24, 2.45) is 0 Å². The maximum atomic E-state index is 12.0. The molecule has 1 aromatic heterocycles. The summed E-state index contributed by atoms with van der Waals surface area (Å²) in [5, 5.41) is 6.28. The molecule has 0 aliphatic heterocycles. The number of hydrogen-bond donors (Lipinski definition) is 2. The summed E-state index contributed by atoms with van der Waals surface area (Å²) in [5.74, 6) is 0.290. The molecule has 8 nitrogen and oxygen atoms in total. The number of fused-ring (bicyclic) bond motifs is 3. The van der Waals surface area contributed by atoms with Crippen LogP contribution in [0.2, 0.25) is 0 Å². The van der Waals surface area contributed by atoms with Gasteiger partial charge in [0, 0.05) is 35.7 Å². The van der Waals surface area contributed by atoms with Crippen LogP contribution in [-0.4, -0.2) is 31.0 Å². The molecule has 3 aromatic rings. The summed E-state index contributed by atoms with van der Waals surface area (Å²) >= 11 is 0. The number of furan rings is 1. The minimum absolute atomic E-state index is 0.181. The van der Waals surface area contributed by atoms with E-state index >= 15 is 0 Å². The van der Waals surface area contributed by atoms with E-state index in [1.807, 2.05) is 12.1 Å². The van der Waals surface area contributed by atoms with E-state index in [1.54, 1.807) is 30.3 Å². The van der Waals surface area contributed by atoms with Gasteiger partial charge in [-0.2, -0.15) is 0 Å². The Morgan fingerprint density at radius 3 is 2.41 bits per heavy atom. The number of carbonyl (C=O) groups is 3. The summed E-state index contributed by atoms with van der Waals surface area (Å²) in [5.41, 5.74) is 3.19. The van der Waals surface area contributed by atoms with Gasteiger partial charge in [0.25, 0.3) is 5.91 Å². The van der Waals surface area contributed by atoms with Crippen molar-refractivity contribution in [3.05, 3.63) is 53.8 Å². The van der Waals surface area contributed by atoms with E-state index in [-0.39, 0.29) is 12.5 Å². The zero-order valence-corrected chi connectivity index (χ0v) is 17.7. The Labute approximate surface area is 184 Å². The van der Waals surface area contributed by atoms with E-state index in [9.17, 15) is 14.4 Å². The molecule has 0 saturated carbocycles. The van der Waals surface area contributed by atoms with Gasteiger partial charge >= 0.3 is 5.97 Å². The monoisotopic (exact) mass is 436 g/mol. The molecule has 0 unspecified atom stereocenters. The van der Waals surface area contributed by atoms with Crippen molar-refractivity contribution in [2.75, 3.05) is 23.8 Å². The molecule has 1 aliphatic carbocycles. The number of aryl methyl sites for hydroxylation is 2. The van der Waals surface area contributed by atoms with E-state index in [0.717, 1.165) is 42.4 Å². The molecule has 166 valence electrons. The number of rotatable bonds is 7. The van der Waals surface area contributed by atoms with Gasteiger partial charge in [-0.3, -0.25) is 9.59 Å². The zero-order chi connectivity index (χ0) is 22.5. The van der Waals surface area contributed by atoms with Crippen molar-refractivity contribution in [3.8, 4) is 5.75 Å². The second kappa shape index (κ2) is 9.55. The van der Waals surface area contributed by atoms with Gasteiger partial charge in [0.05, 0.1) is 0 Å². The molecule has 0 radical (unpaired) electrons. The molecular formula is C24H24N2O6. The molecular weight excluding hydrogens is 412 g/mol. The van der Waals surface area contributed by atoms with Crippen molar-refractivity contribution in [1.29, 1.82) is 0 Å². The predicted molar refractivity (Wildman–Crippen MR) is 119 cm³/mol. The number of benzene rings is 2. The number of hydrogen-bond acceptors (Lipinski definition) is 6. The number of carbonyl (C=O) groups excluding carboxylic acids is 3. The highest BCUT2D eigenvalue weighted by atomic mass is 16.6. The highest BCUT2D eigenvalue weighted by Gasteiger charge is 2.18. The maximum absolute atomic E-state index is 12.0. The summed E-state index contributed by atoms with van der Waals surface area (Å²) in [6, 6.07) is 12.1. The number of amides is 2. The third-order valence-electron chi connectivity index (χ3n) is 5.14. The Balaban J connectivity index is 1.24. The average molecular weight is 436 g/mol. The molecule has 2 amide bonds. The van der Waals surface area contributed by atoms with E-state index in [2.05, 4.69) is 10.6 Å². The van der Waals surface area contributed by atoms with Gasteiger partial charge in [-0.25, -0.2) is 4.79 Å². The fourth-order valence-electron chi connectivity index (χ4n) is 3.70. The molecule has 2 aromatic carbocycles. The summed E-state index contributed by atoms with van der Waals surface area (Å²) in [6.45, 7) is 0.685. The standard InChI is InChI=1S/C24H24N2O6/c1-15(27)25-16-6-8-17(9-7-16)26-23(28)13-31-24(29)14-30-18-10-11-22-20(12-18)19-4-2-3-5-21(19)32-22/h6-12H,2-5,13-14H2,1H3,(H,25,27)(H,26,28). The lowest BCUT2D eigenvalue weighted by molar-refractivity contribution is -0.149. The van der Waals surface area contributed by atoms with Crippen LogP contribution in [0.5, 0.6) is 5.75 Å². The Kier molecular flexibility index (Phi) is 6.39. The topological polar surface area (TPSA) is 107 Å². The summed E-state index contributed by atoms with van der Waals surface area (Å²) < 4.78 is 16.4. The van der Waals surface area contributed by atoms with Crippen LogP contribution in [0.1, 0.15) is 31.1 Å². The molecule has 0 saturated heterocycles. The highest BCUT2D eigenvalue weighted by Crippen LogP contribution is 2.33. The minimum Gasteiger partial charge on any atom is -0.482 e. The van der Waals surface area contributed by atoms with Crippen molar-refractivity contribution in [3.63, 3.8) is 0 Å². The summed E-state index contributed by atoms with van der Waals surface area (Å²) in [4.78, 5) is 35.0. The first-order chi connectivity index (χ1) is 15.5. The number of nitrogens with one attached hydrogen (secondary N) is 2. The smallest absolute Gasteiger partial charge is 0.344 e. The Morgan fingerprint density at radius 2 is 1.66 bits per heavy atom. The predicted octanol–water partition coefficient (Wildman–Crippen LogP) is 3.83. The highest BCUT2D eigenvalue weighted by molar-refractivity contribution is 5.93. The van der Waals surface area contributed by atoms with Gasteiger partial charge in [-0.05, 0) is 61.7 Å². The average Bonchev–Trinajstić information content (AvgIpc) is 3.15. The van der Waals surface area contributed by atoms with E-state index in [4.69, 9.17) is 13.9 Å². The molecule has 32 heavy (non-hydrogen) atoms. The van der Waals surface area contributed by atoms with E-state index in [0.29, 0.717) is 17.1 Å². The van der Waals surface area contributed by atoms with Crippen LogP contribution >= 0.6 is 0 Å². The molecule has 8 heteroatoms. The van der Waals surface area contributed by atoms with Crippen LogP contribution in [0.4, 0.5) is 11.4 Å². The third kappa shape index (κ3) is 5.26. The number of esters is 1. The van der Waals surface area contributed by atoms with Crippen LogP contribution < -0.4 is 15.4 Å². The Bertz CT molecular complexity index is 1150. The molecule has 0 fully saturated rings. The number of anilines is 2. The second-order valence-corrected chi connectivity index (χ2v) is 7.62. The molecule has 2 N–H and O–H groups in total. The first-order valence-electron chi connectivity index (χ1n) is 10.5. The van der Waals surface area contributed by atoms with Gasteiger partial charge < -0.3 is 24.5 Å². The van der Waals surface area contributed by atoms with Crippen molar-refractivity contribution in [1.82, 2.24) is 0 Å². The Morgan fingerprint density at radius 1 is 0.938 bits per heavy atom. The van der Waals surface area contributed by atoms with E-state index < -0.39 is 18.5 Å². The van der Waals surface area contributed by atoms with Crippen molar-refractivity contribution < 1.29 is 28.3 Å². The fourth-order valence-corrected chi connectivity index (χ4v) is 3.70. The first kappa shape index (κ1) is 21.4. The molecule has 4 rings (SSSR count). The van der Waals surface area contributed by atoms with Crippen molar-refractivity contribution in [2.45, 2.75) is 32.6 Å². The van der Waals surface area contributed by atoms with Crippen LogP contribution in [0.15, 0.2) is 46.9 Å². The van der Waals surface area contributed by atoms with E-state index in [1.165, 1.54) is 12.5 Å². The third-order valence-corrected chi connectivity index (χ3v) is 5.14. The molecule has 0 atom stereocenters. The van der Waals surface area contributed by atoms with Crippen LogP contribution in [0, 0.1) is 0 Å². The lowest BCUT2D eigenvalue weighted by atomic mass is 9.96. The normalized spacial score (nSPS) is 12.7. The molecule has 0 spiro atoms. The summed E-state index contributed by atoms with van der Waals surface area (Å²) in [7, 11) is 0. The molecule has 1 aliphatic rings. The number of ether oxygens (including phenoxy) is 2.